The Bertz CT molecular complexity index is 897. The average molecular weight is 393 g/mol. The van der Waals surface area contributed by atoms with E-state index in [-0.39, 0.29) is 23.7 Å². The second-order valence-corrected chi connectivity index (χ2v) is 8.07. The van der Waals surface area contributed by atoms with Crippen LogP contribution in [0.15, 0.2) is 48.3 Å². The Morgan fingerprint density at radius 2 is 1.90 bits per heavy atom. The van der Waals surface area contributed by atoms with E-state index in [1.807, 2.05) is 30.3 Å². The Morgan fingerprint density at radius 3 is 2.59 bits per heavy atom. The summed E-state index contributed by atoms with van der Waals surface area (Å²) in [6.45, 7) is 3.41. The maximum absolute atomic E-state index is 12.7. The lowest BCUT2D eigenvalue weighted by Gasteiger charge is -2.31. The molecule has 1 aliphatic heterocycles. The van der Waals surface area contributed by atoms with Crippen LogP contribution in [0.5, 0.6) is 0 Å². The molecular weight excluding hydrogens is 366 g/mol. The zero-order valence-electron chi connectivity index (χ0n) is 16.8. The lowest BCUT2D eigenvalue weighted by Crippen LogP contribution is -2.46. The first kappa shape index (κ1) is 19.4. The fourth-order valence-electron chi connectivity index (χ4n) is 4.08. The molecule has 4 rings (SSSR count). The predicted molar refractivity (Wildman–Crippen MR) is 110 cm³/mol. The molecule has 0 radical (unpaired) electrons. The molecule has 2 aliphatic rings. The van der Waals surface area contributed by atoms with Crippen molar-refractivity contribution in [2.45, 2.75) is 45.1 Å². The molecular formula is C22H27N5O2. The smallest absolute Gasteiger partial charge is 0.293 e. The van der Waals surface area contributed by atoms with Crippen LogP contribution >= 0.6 is 0 Å². The van der Waals surface area contributed by atoms with Crippen LogP contribution in [0.4, 0.5) is 0 Å². The van der Waals surface area contributed by atoms with Gasteiger partial charge in [0.1, 0.15) is 6.33 Å². The minimum absolute atomic E-state index is 0.00199. The highest BCUT2D eigenvalue weighted by molar-refractivity contribution is 5.90. The van der Waals surface area contributed by atoms with E-state index in [9.17, 15) is 9.59 Å². The molecule has 2 fully saturated rings. The average Bonchev–Trinajstić information content (AvgIpc) is 3.38. The van der Waals surface area contributed by atoms with Gasteiger partial charge in [-0.15, -0.1) is 5.10 Å². The molecule has 0 spiro atoms. The first-order valence-electron chi connectivity index (χ1n) is 10.3. The van der Waals surface area contributed by atoms with Crippen LogP contribution in [0.25, 0.3) is 5.69 Å². The maximum atomic E-state index is 12.7. The van der Waals surface area contributed by atoms with Crippen LogP contribution in [-0.4, -0.2) is 50.6 Å². The number of benzene rings is 1. The van der Waals surface area contributed by atoms with Gasteiger partial charge in [0.2, 0.25) is 11.7 Å². The summed E-state index contributed by atoms with van der Waals surface area (Å²) in [5.41, 5.74) is 2.12. The van der Waals surface area contributed by atoms with Crippen molar-refractivity contribution < 1.29 is 9.59 Å². The van der Waals surface area contributed by atoms with Crippen LogP contribution in [0.3, 0.4) is 0 Å². The molecule has 7 nitrogen and oxygen atoms in total. The third-order valence-corrected chi connectivity index (χ3v) is 5.74. The van der Waals surface area contributed by atoms with Crippen molar-refractivity contribution in [3.05, 3.63) is 54.1 Å². The van der Waals surface area contributed by atoms with Crippen molar-refractivity contribution in [3.8, 4) is 5.69 Å². The molecule has 1 aliphatic carbocycles. The summed E-state index contributed by atoms with van der Waals surface area (Å²) >= 11 is 0. The van der Waals surface area contributed by atoms with E-state index < -0.39 is 0 Å². The Hall–Kier alpha value is -2.96. The van der Waals surface area contributed by atoms with Crippen LogP contribution in [0.2, 0.25) is 0 Å². The topological polar surface area (TPSA) is 80.1 Å². The summed E-state index contributed by atoms with van der Waals surface area (Å²) in [5, 5.41) is 7.42. The zero-order valence-corrected chi connectivity index (χ0v) is 16.8. The molecule has 0 bridgehead atoms. The number of carbonyl (C=O) groups is 2. The van der Waals surface area contributed by atoms with Crippen molar-refractivity contribution in [3.63, 3.8) is 0 Å². The first-order valence-corrected chi connectivity index (χ1v) is 10.3. The predicted octanol–water partition coefficient (Wildman–Crippen LogP) is 2.73. The Morgan fingerprint density at radius 1 is 1.14 bits per heavy atom. The SMILES string of the molecule is CC1CC/C(=C\C(=O)NC2CCN(C(=O)c3ncn(-c4ccccc4)n3)CC2)C1. The molecule has 2 aromatic rings. The van der Waals surface area contributed by atoms with Crippen LogP contribution in [-0.2, 0) is 4.79 Å². The largest absolute Gasteiger partial charge is 0.350 e. The van der Waals surface area contributed by atoms with E-state index in [0.29, 0.717) is 19.0 Å². The molecule has 152 valence electrons. The number of rotatable bonds is 4. The Kier molecular flexibility index (Phi) is 5.74. The summed E-state index contributed by atoms with van der Waals surface area (Å²) < 4.78 is 1.61. The van der Waals surface area contributed by atoms with E-state index >= 15 is 0 Å². The molecule has 2 heterocycles. The number of aromatic nitrogens is 3. The van der Waals surface area contributed by atoms with E-state index in [4.69, 9.17) is 0 Å². The Labute approximate surface area is 170 Å². The van der Waals surface area contributed by atoms with E-state index in [0.717, 1.165) is 31.4 Å². The van der Waals surface area contributed by atoms with Crippen molar-refractivity contribution in [2.75, 3.05) is 13.1 Å². The zero-order chi connectivity index (χ0) is 20.2. The molecule has 29 heavy (non-hydrogen) atoms. The molecule has 7 heteroatoms. The van der Waals surface area contributed by atoms with Crippen molar-refractivity contribution in [1.82, 2.24) is 25.0 Å². The minimum atomic E-state index is -0.161. The lowest BCUT2D eigenvalue weighted by molar-refractivity contribution is -0.117. The normalized spacial score (nSPS) is 21.5. The summed E-state index contributed by atoms with van der Waals surface area (Å²) in [6, 6.07) is 9.70. The van der Waals surface area contributed by atoms with Gasteiger partial charge < -0.3 is 10.2 Å². The summed E-state index contributed by atoms with van der Waals surface area (Å²) in [4.78, 5) is 30.9. The van der Waals surface area contributed by atoms with Crippen LogP contribution in [0.1, 0.15) is 49.6 Å². The summed E-state index contributed by atoms with van der Waals surface area (Å²) in [7, 11) is 0. The standard InChI is InChI=1S/C22H27N5O2/c1-16-7-8-17(13-16)14-20(28)24-18-9-11-26(12-10-18)22(29)21-23-15-27(25-21)19-5-3-2-4-6-19/h2-6,14-16,18H,7-13H2,1H3,(H,24,28)/b17-14+. The molecule has 1 N–H and O–H groups in total. The minimum Gasteiger partial charge on any atom is -0.350 e. The van der Waals surface area contributed by atoms with Gasteiger partial charge in [0.15, 0.2) is 0 Å². The number of nitrogens with zero attached hydrogens (tertiary/aromatic N) is 4. The third-order valence-electron chi connectivity index (χ3n) is 5.74. The van der Waals surface area contributed by atoms with E-state index in [1.165, 1.54) is 12.0 Å². The van der Waals surface area contributed by atoms with Crippen molar-refractivity contribution in [2.24, 2.45) is 5.92 Å². The van der Waals surface area contributed by atoms with Gasteiger partial charge in [0, 0.05) is 25.2 Å². The van der Waals surface area contributed by atoms with Gasteiger partial charge in [0.05, 0.1) is 5.69 Å². The fourth-order valence-corrected chi connectivity index (χ4v) is 4.08. The van der Waals surface area contributed by atoms with Crippen molar-refractivity contribution >= 4 is 11.8 Å². The van der Waals surface area contributed by atoms with Gasteiger partial charge in [-0.3, -0.25) is 9.59 Å². The molecule has 2 amide bonds. The summed E-state index contributed by atoms with van der Waals surface area (Å²) in [6.07, 6.45) is 8.07. The van der Waals surface area contributed by atoms with Gasteiger partial charge in [-0.05, 0) is 50.2 Å². The van der Waals surface area contributed by atoms with Gasteiger partial charge in [-0.2, -0.15) is 0 Å². The highest BCUT2D eigenvalue weighted by Crippen LogP contribution is 2.29. The monoisotopic (exact) mass is 393 g/mol. The van der Waals surface area contributed by atoms with Gasteiger partial charge >= 0.3 is 0 Å². The molecule has 1 saturated carbocycles. The Balaban J connectivity index is 1.29. The second kappa shape index (κ2) is 8.59. The number of amides is 2. The fraction of sp³-hybridized carbons (Fsp3) is 0.455. The molecule has 1 aromatic carbocycles. The van der Waals surface area contributed by atoms with Crippen LogP contribution < -0.4 is 5.32 Å². The molecule has 1 atom stereocenters. The van der Waals surface area contributed by atoms with E-state index in [2.05, 4.69) is 22.3 Å². The maximum Gasteiger partial charge on any atom is 0.293 e. The van der Waals surface area contributed by atoms with Crippen LogP contribution in [0, 0.1) is 5.92 Å². The van der Waals surface area contributed by atoms with E-state index in [1.54, 1.807) is 22.0 Å². The molecule has 1 saturated heterocycles. The number of hydrogen-bond acceptors (Lipinski definition) is 4. The third kappa shape index (κ3) is 4.72. The second-order valence-electron chi connectivity index (χ2n) is 8.07. The number of para-hydroxylation sites is 1. The molecule has 1 unspecified atom stereocenters. The number of hydrogen-bond donors (Lipinski definition) is 1. The first-order chi connectivity index (χ1) is 14.1. The highest BCUT2D eigenvalue weighted by Gasteiger charge is 2.26. The number of nitrogens with one attached hydrogen (secondary N) is 1. The number of carbonyl (C=O) groups excluding carboxylic acids is 2. The van der Waals surface area contributed by atoms with Gasteiger partial charge in [-0.1, -0.05) is 30.7 Å². The van der Waals surface area contributed by atoms with Crippen molar-refractivity contribution in [1.29, 1.82) is 0 Å². The van der Waals surface area contributed by atoms with Gasteiger partial charge in [-0.25, -0.2) is 9.67 Å². The quantitative estimate of drug-likeness (QED) is 0.810. The number of piperidine rings is 1. The highest BCUT2D eigenvalue weighted by atomic mass is 16.2. The summed E-state index contributed by atoms with van der Waals surface area (Å²) in [5.74, 6) is 0.729. The molecule has 1 aromatic heterocycles. The number of allylic oxidation sites excluding steroid dienone is 1. The lowest BCUT2D eigenvalue weighted by atomic mass is 10.0. The van der Waals surface area contributed by atoms with Gasteiger partial charge in [0.25, 0.3) is 5.91 Å². The number of likely N-dealkylation sites (tertiary alicyclic amines) is 1.